The van der Waals surface area contributed by atoms with Gasteiger partial charge in [-0.15, -0.1) is 0 Å². The minimum absolute atomic E-state index is 0.0836. The predicted molar refractivity (Wildman–Crippen MR) is 103 cm³/mol. The molecule has 144 valence electrons. The van der Waals surface area contributed by atoms with E-state index in [0.717, 1.165) is 16.7 Å². The van der Waals surface area contributed by atoms with Crippen LogP contribution in [0.25, 0.3) is 0 Å². The Labute approximate surface area is 156 Å². The van der Waals surface area contributed by atoms with Gasteiger partial charge in [0.25, 0.3) is 5.92 Å². The van der Waals surface area contributed by atoms with Crippen molar-refractivity contribution in [1.29, 1.82) is 0 Å². The second-order valence-electron chi connectivity index (χ2n) is 7.48. The SMILES string of the molecule is CC(=O)OC\C=C(C)/C=C/C=C(C)\C=C\C1=C(C)C(F)(F)CCC1(C)C. The van der Waals surface area contributed by atoms with E-state index in [1.807, 2.05) is 64.2 Å². The Hall–Kier alpha value is -1.97. The average Bonchev–Trinajstić information content (AvgIpc) is 2.51. The third-order valence-electron chi connectivity index (χ3n) is 4.67. The van der Waals surface area contributed by atoms with Gasteiger partial charge in [0, 0.05) is 13.3 Å². The molecule has 0 saturated heterocycles. The average molecular weight is 364 g/mol. The highest BCUT2D eigenvalue weighted by molar-refractivity contribution is 5.66. The van der Waals surface area contributed by atoms with E-state index in [9.17, 15) is 13.6 Å². The maximum Gasteiger partial charge on any atom is 0.302 e. The van der Waals surface area contributed by atoms with Crippen LogP contribution in [0, 0.1) is 5.41 Å². The van der Waals surface area contributed by atoms with Crippen LogP contribution in [0.3, 0.4) is 0 Å². The van der Waals surface area contributed by atoms with Crippen molar-refractivity contribution in [2.24, 2.45) is 5.41 Å². The van der Waals surface area contributed by atoms with Gasteiger partial charge in [-0.1, -0.05) is 55.4 Å². The number of hydrogen-bond acceptors (Lipinski definition) is 2. The number of esters is 1. The number of carbonyl (C=O) groups is 1. The number of rotatable bonds is 6. The van der Waals surface area contributed by atoms with E-state index in [2.05, 4.69) is 0 Å². The van der Waals surface area contributed by atoms with E-state index in [0.29, 0.717) is 6.42 Å². The quantitative estimate of drug-likeness (QED) is 0.407. The molecule has 1 rings (SSSR count). The third-order valence-corrected chi connectivity index (χ3v) is 4.67. The van der Waals surface area contributed by atoms with Crippen molar-refractivity contribution in [2.75, 3.05) is 6.61 Å². The van der Waals surface area contributed by atoms with Crippen molar-refractivity contribution in [2.45, 2.75) is 60.3 Å². The standard InChI is InChI=1S/C22H30F2O2/c1-16(8-7-9-17(2)12-15-26-19(4)25)10-11-20-18(3)22(23,24)14-13-21(20,5)6/h7-12H,13-15H2,1-6H3/b9-7+,11-10+,16-8-,17-12-. The van der Waals surface area contributed by atoms with Crippen molar-refractivity contribution >= 4 is 5.97 Å². The molecule has 26 heavy (non-hydrogen) atoms. The molecule has 0 atom stereocenters. The van der Waals surface area contributed by atoms with E-state index in [4.69, 9.17) is 4.74 Å². The fourth-order valence-corrected chi connectivity index (χ4v) is 2.83. The summed E-state index contributed by atoms with van der Waals surface area (Å²) in [6, 6.07) is 0. The van der Waals surface area contributed by atoms with E-state index in [1.165, 1.54) is 13.8 Å². The van der Waals surface area contributed by atoms with Gasteiger partial charge in [-0.2, -0.15) is 0 Å². The molecule has 0 aromatic rings. The second kappa shape index (κ2) is 9.11. The molecule has 0 fully saturated rings. The molecule has 0 bridgehead atoms. The van der Waals surface area contributed by atoms with Gasteiger partial charge < -0.3 is 4.74 Å². The zero-order valence-corrected chi connectivity index (χ0v) is 16.7. The van der Waals surface area contributed by atoms with E-state index >= 15 is 0 Å². The molecular formula is C22H30F2O2. The van der Waals surface area contributed by atoms with Crippen LogP contribution in [0.1, 0.15) is 54.4 Å². The Morgan fingerprint density at radius 3 is 2.38 bits per heavy atom. The van der Waals surface area contributed by atoms with E-state index in [-0.39, 0.29) is 30.0 Å². The smallest absolute Gasteiger partial charge is 0.302 e. The number of alkyl halides is 2. The van der Waals surface area contributed by atoms with Crippen LogP contribution in [-0.4, -0.2) is 18.5 Å². The lowest BCUT2D eigenvalue weighted by molar-refractivity contribution is -0.139. The van der Waals surface area contributed by atoms with Crippen LogP contribution in [0.15, 0.2) is 58.7 Å². The van der Waals surface area contributed by atoms with Crippen LogP contribution in [0.2, 0.25) is 0 Å². The summed E-state index contributed by atoms with van der Waals surface area (Å²) in [5.41, 5.74) is 2.61. The summed E-state index contributed by atoms with van der Waals surface area (Å²) in [6.45, 7) is 11.0. The predicted octanol–water partition coefficient (Wildman–Crippen LogP) is 6.33. The summed E-state index contributed by atoms with van der Waals surface area (Å²) in [4.78, 5) is 10.7. The first-order valence-corrected chi connectivity index (χ1v) is 8.88. The maximum absolute atomic E-state index is 14.0. The van der Waals surface area contributed by atoms with Gasteiger partial charge in [-0.3, -0.25) is 4.79 Å². The summed E-state index contributed by atoms with van der Waals surface area (Å²) >= 11 is 0. The van der Waals surface area contributed by atoms with Crippen LogP contribution >= 0.6 is 0 Å². The lowest BCUT2D eigenvalue weighted by Crippen LogP contribution is -2.31. The topological polar surface area (TPSA) is 26.3 Å². The summed E-state index contributed by atoms with van der Waals surface area (Å²) < 4.78 is 32.9. The van der Waals surface area contributed by atoms with Gasteiger partial charge in [-0.05, 0) is 49.8 Å². The fourth-order valence-electron chi connectivity index (χ4n) is 2.83. The molecule has 1 aliphatic rings. The molecule has 4 heteroatoms. The molecular weight excluding hydrogens is 334 g/mol. The minimum atomic E-state index is -2.71. The summed E-state index contributed by atoms with van der Waals surface area (Å²) in [5.74, 6) is -3.02. The van der Waals surface area contributed by atoms with Gasteiger partial charge in [-0.25, -0.2) is 8.78 Å². The molecule has 0 radical (unpaired) electrons. The maximum atomic E-state index is 14.0. The Morgan fingerprint density at radius 1 is 1.12 bits per heavy atom. The van der Waals surface area contributed by atoms with Crippen LogP contribution in [0.4, 0.5) is 8.78 Å². The number of carbonyl (C=O) groups excluding carboxylic acids is 1. The van der Waals surface area contributed by atoms with E-state index in [1.54, 1.807) is 0 Å². The number of allylic oxidation sites excluding steroid dienone is 9. The van der Waals surface area contributed by atoms with Gasteiger partial charge in [0.15, 0.2) is 0 Å². The molecule has 0 aromatic heterocycles. The molecule has 0 unspecified atom stereocenters. The molecule has 0 saturated carbocycles. The van der Waals surface area contributed by atoms with Crippen LogP contribution < -0.4 is 0 Å². The van der Waals surface area contributed by atoms with Crippen molar-refractivity contribution in [1.82, 2.24) is 0 Å². The lowest BCUT2D eigenvalue weighted by atomic mass is 9.71. The Balaban J connectivity index is 2.82. The molecule has 0 aromatic carbocycles. The first kappa shape index (κ1) is 22.1. The monoisotopic (exact) mass is 364 g/mol. The summed E-state index contributed by atoms with van der Waals surface area (Å²) in [7, 11) is 0. The minimum Gasteiger partial charge on any atom is -0.462 e. The fraction of sp³-hybridized carbons (Fsp3) is 0.500. The van der Waals surface area contributed by atoms with Crippen LogP contribution in [0.5, 0.6) is 0 Å². The number of hydrogen-bond donors (Lipinski definition) is 0. The zero-order valence-electron chi connectivity index (χ0n) is 16.7. The highest BCUT2D eigenvalue weighted by Gasteiger charge is 2.42. The first-order chi connectivity index (χ1) is 12.0. The lowest BCUT2D eigenvalue weighted by Gasteiger charge is -2.37. The molecule has 0 spiro atoms. The highest BCUT2D eigenvalue weighted by Crippen LogP contribution is 2.47. The van der Waals surface area contributed by atoms with Crippen molar-refractivity contribution in [3.05, 3.63) is 58.7 Å². The van der Waals surface area contributed by atoms with Gasteiger partial charge >= 0.3 is 5.97 Å². The molecule has 0 amide bonds. The first-order valence-electron chi connectivity index (χ1n) is 8.88. The molecule has 0 aliphatic heterocycles. The molecule has 0 N–H and O–H groups in total. The normalized spacial score (nSPS) is 20.9. The summed E-state index contributed by atoms with van der Waals surface area (Å²) in [6.07, 6.45) is 11.6. The Kier molecular flexibility index (Phi) is 7.73. The highest BCUT2D eigenvalue weighted by atomic mass is 19.3. The molecule has 1 aliphatic carbocycles. The summed E-state index contributed by atoms with van der Waals surface area (Å²) in [5, 5.41) is 0. The van der Waals surface area contributed by atoms with E-state index < -0.39 is 5.92 Å². The van der Waals surface area contributed by atoms with Gasteiger partial charge in [0.2, 0.25) is 0 Å². The van der Waals surface area contributed by atoms with Crippen molar-refractivity contribution < 1.29 is 18.3 Å². The second-order valence-corrected chi connectivity index (χ2v) is 7.48. The van der Waals surface area contributed by atoms with Crippen molar-refractivity contribution in [3.63, 3.8) is 0 Å². The van der Waals surface area contributed by atoms with Crippen molar-refractivity contribution in [3.8, 4) is 0 Å². The number of halogens is 2. The third kappa shape index (κ3) is 6.74. The van der Waals surface area contributed by atoms with Gasteiger partial charge in [0.05, 0.1) is 0 Å². The molecule has 0 heterocycles. The zero-order chi connectivity index (χ0) is 20.0. The van der Waals surface area contributed by atoms with Crippen LogP contribution in [-0.2, 0) is 9.53 Å². The van der Waals surface area contributed by atoms with Gasteiger partial charge in [0.1, 0.15) is 6.61 Å². The Morgan fingerprint density at radius 2 is 1.77 bits per heavy atom. The molecule has 2 nitrogen and oxygen atoms in total. The Bertz CT molecular complexity index is 674. The largest absolute Gasteiger partial charge is 0.462 e. The number of ether oxygens (including phenoxy) is 1.